The Morgan fingerprint density at radius 2 is 1.96 bits per heavy atom. The standard InChI is InChI=1S/C21H18N4O3/c1-13-6-8-17(18(10-13)27-2)28-19-9-7-15(12-22-19)24-21(26)16-5-3-4-14-11-23-25-20(14)16/h3-12H,1-2H3,(H,23,25)(H,24,26). The normalized spacial score (nSPS) is 10.6. The third-order valence-electron chi connectivity index (χ3n) is 4.25. The maximum Gasteiger partial charge on any atom is 0.257 e. The van der Waals surface area contributed by atoms with Crippen molar-refractivity contribution in [2.24, 2.45) is 0 Å². The Bertz CT molecular complexity index is 1140. The van der Waals surface area contributed by atoms with E-state index < -0.39 is 0 Å². The van der Waals surface area contributed by atoms with Crippen molar-refractivity contribution in [3.8, 4) is 17.4 Å². The highest BCUT2D eigenvalue weighted by Gasteiger charge is 2.12. The van der Waals surface area contributed by atoms with Crippen LogP contribution in [-0.2, 0) is 0 Å². The molecule has 2 N–H and O–H groups in total. The van der Waals surface area contributed by atoms with Gasteiger partial charge in [-0.05, 0) is 36.8 Å². The molecule has 0 bridgehead atoms. The van der Waals surface area contributed by atoms with Gasteiger partial charge >= 0.3 is 0 Å². The van der Waals surface area contributed by atoms with E-state index in [9.17, 15) is 4.79 Å². The highest BCUT2D eigenvalue weighted by molar-refractivity contribution is 6.11. The third-order valence-corrected chi connectivity index (χ3v) is 4.25. The average molecular weight is 374 g/mol. The van der Waals surface area contributed by atoms with Gasteiger partial charge in [0.05, 0.1) is 36.3 Å². The summed E-state index contributed by atoms with van der Waals surface area (Å²) in [6, 6.07) is 14.5. The van der Waals surface area contributed by atoms with Crippen LogP contribution in [0.3, 0.4) is 0 Å². The monoisotopic (exact) mass is 374 g/mol. The summed E-state index contributed by atoms with van der Waals surface area (Å²) in [5.41, 5.74) is 2.84. The maximum absolute atomic E-state index is 12.6. The molecule has 0 radical (unpaired) electrons. The van der Waals surface area contributed by atoms with Crippen LogP contribution in [0.25, 0.3) is 10.9 Å². The summed E-state index contributed by atoms with van der Waals surface area (Å²) in [6.07, 6.45) is 3.22. The molecule has 0 spiro atoms. The van der Waals surface area contributed by atoms with Crippen molar-refractivity contribution < 1.29 is 14.3 Å². The lowest BCUT2D eigenvalue weighted by molar-refractivity contribution is 0.102. The first-order chi connectivity index (χ1) is 13.6. The van der Waals surface area contributed by atoms with Crippen LogP contribution < -0.4 is 14.8 Å². The first-order valence-electron chi connectivity index (χ1n) is 8.66. The number of H-pyrrole nitrogens is 1. The molecule has 140 valence electrons. The number of amides is 1. The number of anilines is 1. The summed E-state index contributed by atoms with van der Waals surface area (Å²) >= 11 is 0. The molecule has 28 heavy (non-hydrogen) atoms. The van der Waals surface area contributed by atoms with E-state index in [0.29, 0.717) is 34.1 Å². The van der Waals surface area contributed by atoms with E-state index in [4.69, 9.17) is 9.47 Å². The Balaban J connectivity index is 1.49. The number of carbonyl (C=O) groups is 1. The van der Waals surface area contributed by atoms with Gasteiger partial charge in [-0.2, -0.15) is 5.10 Å². The second-order valence-corrected chi connectivity index (χ2v) is 6.24. The van der Waals surface area contributed by atoms with Gasteiger partial charge in [0.1, 0.15) is 0 Å². The number of rotatable bonds is 5. The molecule has 7 heteroatoms. The Morgan fingerprint density at radius 1 is 1.07 bits per heavy atom. The summed E-state index contributed by atoms with van der Waals surface area (Å²) < 4.78 is 11.1. The number of benzene rings is 2. The second-order valence-electron chi connectivity index (χ2n) is 6.24. The molecule has 2 aromatic carbocycles. The zero-order valence-corrected chi connectivity index (χ0v) is 15.4. The average Bonchev–Trinajstić information content (AvgIpc) is 3.19. The minimum absolute atomic E-state index is 0.245. The number of ether oxygens (including phenoxy) is 2. The summed E-state index contributed by atoms with van der Waals surface area (Å²) in [5.74, 6) is 1.36. The molecule has 0 aliphatic heterocycles. The molecule has 0 aliphatic carbocycles. The van der Waals surface area contributed by atoms with Crippen molar-refractivity contribution in [1.82, 2.24) is 15.2 Å². The van der Waals surface area contributed by atoms with Gasteiger partial charge in [-0.15, -0.1) is 0 Å². The summed E-state index contributed by atoms with van der Waals surface area (Å²) in [7, 11) is 1.59. The Labute approximate surface area is 161 Å². The molecule has 7 nitrogen and oxygen atoms in total. The van der Waals surface area contributed by atoms with Crippen molar-refractivity contribution in [1.29, 1.82) is 0 Å². The van der Waals surface area contributed by atoms with E-state index >= 15 is 0 Å². The van der Waals surface area contributed by atoms with Crippen LogP contribution in [0.4, 0.5) is 5.69 Å². The number of aromatic nitrogens is 3. The Morgan fingerprint density at radius 3 is 2.75 bits per heavy atom. The molecular formula is C21H18N4O3. The smallest absolute Gasteiger partial charge is 0.257 e. The number of fused-ring (bicyclic) bond motifs is 1. The van der Waals surface area contributed by atoms with Gasteiger partial charge in [0.2, 0.25) is 5.88 Å². The van der Waals surface area contributed by atoms with Gasteiger partial charge in [0.25, 0.3) is 5.91 Å². The van der Waals surface area contributed by atoms with E-state index in [1.165, 1.54) is 0 Å². The fourth-order valence-electron chi connectivity index (χ4n) is 2.84. The number of hydrogen-bond acceptors (Lipinski definition) is 5. The SMILES string of the molecule is COc1cc(C)ccc1Oc1ccc(NC(=O)c2cccc3cn[nH]c23)cn1. The van der Waals surface area contributed by atoms with E-state index in [2.05, 4.69) is 20.5 Å². The van der Waals surface area contributed by atoms with Crippen molar-refractivity contribution in [2.45, 2.75) is 6.92 Å². The summed E-state index contributed by atoms with van der Waals surface area (Å²) in [4.78, 5) is 16.8. The fourth-order valence-corrected chi connectivity index (χ4v) is 2.84. The first kappa shape index (κ1) is 17.5. The van der Waals surface area contributed by atoms with Crippen LogP contribution in [0.5, 0.6) is 17.4 Å². The molecule has 4 aromatic rings. The Hall–Kier alpha value is -3.87. The van der Waals surface area contributed by atoms with E-state index in [0.717, 1.165) is 10.9 Å². The van der Waals surface area contributed by atoms with Gasteiger partial charge < -0.3 is 14.8 Å². The lowest BCUT2D eigenvalue weighted by Gasteiger charge is -2.11. The molecule has 0 unspecified atom stereocenters. The largest absolute Gasteiger partial charge is 0.493 e. The van der Waals surface area contributed by atoms with Crippen LogP contribution in [0.1, 0.15) is 15.9 Å². The molecule has 0 saturated heterocycles. The maximum atomic E-state index is 12.6. The second kappa shape index (κ2) is 7.40. The van der Waals surface area contributed by atoms with Gasteiger partial charge in [-0.1, -0.05) is 18.2 Å². The lowest BCUT2D eigenvalue weighted by atomic mass is 10.1. The molecule has 0 saturated carbocycles. The zero-order chi connectivity index (χ0) is 19.5. The number of carbonyl (C=O) groups excluding carboxylic acids is 1. The molecule has 2 heterocycles. The number of nitrogens with one attached hydrogen (secondary N) is 2. The third kappa shape index (κ3) is 3.50. The van der Waals surface area contributed by atoms with Crippen molar-refractivity contribution in [3.63, 3.8) is 0 Å². The van der Waals surface area contributed by atoms with Crippen LogP contribution >= 0.6 is 0 Å². The fraction of sp³-hybridized carbons (Fsp3) is 0.0952. The van der Waals surface area contributed by atoms with Crippen LogP contribution in [-0.4, -0.2) is 28.2 Å². The number of para-hydroxylation sites is 1. The minimum atomic E-state index is -0.245. The van der Waals surface area contributed by atoms with Crippen LogP contribution in [0, 0.1) is 6.92 Å². The molecule has 2 aromatic heterocycles. The van der Waals surface area contributed by atoms with Crippen LogP contribution in [0.2, 0.25) is 0 Å². The van der Waals surface area contributed by atoms with Crippen molar-refractivity contribution >= 4 is 22.5 Å². The highest BCUT2D eigenvalue weighted by atomic mass is 16.5. The van der Waals surface area contributed by atoms with E-state index in [-0.39, 0.29) is 5.91 Å². The summed E-state index contributed by atoms with van der Waals surface area (Å²) in [6.45, 7) is 1.98. The number of aryl methyl sites for hydroxylation is 1. The van der Waals surface area contributed by atoms with Gasteiger partial charge in [-0.25, -0.2) is 4.98 Å². The predicted molar refractivity (Wildman–Crippen MR) is 106 cm³/mol. The Kier molecular flexibility index (Phi) is 4.63. The summed E-state index contributed by atoms with van der Waals surface area (Å²) in [5, 5.41) is 10.5. The molecule has 4 rings (SSSR count). The van der Waals surface area contributed by atoms with E-state index in [1.807, 2.05) is 37.3 Å². The van der Waals surface area contributed by atoms with Crippen molar-refractivity contribution in [3.05, 3.63) is 72.1 Å². The van der Waals surface area contributed by atoms with Gasteiger partial charge in [0, 0.05) is 11.5 Å². The minimum Gasteiger partial charge on any atom is -0.493 e. The molecule has 0 atom stereocenters. The van der Waals surface area contributed by atoms with Gasteiger partial charge in [-0.3, -0.25) is 9.89 Å². The number of methoxy groups -OCH3 is 1. The van der Waals surface area contributed by atoms with Gasteiger partial charge in [0.15, 0.2) is 11.5 Å². The topological polar surface area (TPSA) is 89.1 Å². The molecule has 0 fully saturated rings. The molecule has 0 aliphatic rings. The number of aromatic amines is 1. The molecule has 1 amide bonds. The highest BCUT2D eigenvalue weighted by Crippen LogP contribution is 2.31. The lowest BCUT2D eigenvalue weighted by Crippen LogP contribution is -2.12. The first-order valence-corrected chi connectivity index (χ1v) is 8.66. The van der Waals surface area contributed by atoms with Crippen LogP contribution in [0.15, 0.2) is 60.9 Å². The quantitative estimate of drug-likeness (QED) is 0.543. The predicted octanol–water partition coefficient (Wildman–Crippen LogP) is 4.32. The number of pyridine rings is 1. The number of hydrogen-bond donors (Lipinski definition) is 2. The number of nitrogens with zero attached hydrogens (tertiary/aromatic N) is 2. The zero-order valence-electron chi connectivity index (χ0n) is 15.4. The van der Waals surface area contributed by atoms with E-state index in [1.54, 1.807) is 37.7 Å². The van der Waals surface area contributed by atoms with Crippen molar-refractivity contribution in [2.75, 3.05) is 12.4 Å². The molecular weight excluding hydrogens is 356 g/mol.